The van der Waals surface area contributed by atoms with Gasteiger partial charge in [0, 0.05) is 12.6 Å². The number of benzene rings is 1. The van der Waals surface area contributed by atoms with E-state index in [1.54, 1.807) is 7.11 Å². The lowest BCUT2D eigenvalue weighted by Crippen LogP contribution is -2.43. The van der Waals surface area contributed by atoms with E-state index in [-0.39, 0.29) is 6.10 Å². The van der Waals surface area contributed by atoms with Crippen molar-refractivity contribution in [3.8, 4) is 5.75 Å². The zero-order valence-corrected chi connectivity index (χ0v) is 12.1. The molecule has 1 heterocycles. The van der Waals surface area contributed by atoms with E-state index in [0.717, 1.165) is 38.3 Å². The summed E-state index contributed by atoms with van der Waals surface area (Å²) in [5.41, 5.74) is 2.87. The second-order valence-electron chi connectivity index (χ2n) is 5.55. The minimum Gasteiger partial charge on any atom is -0.497 e. The van der Waals surface area contributed by atoms with E-state index in [4.69, 9.17) is 14.2 Å². The summed E-state index contributed by atoms with van der Waals surface area (Å²) in [5.74, 6) is 0.952. The Morgan fingerprint density at radius 3 is 3.05 bits per heavy atom. The Morgan fingerprint density at radius 1 is 1.30 bits per heavy atom. The van der Waals surface area contributed by atoms with E-state index in [9.17, 15) is 0 Å². The molecule has 1 aromatic carbocycles. The lowest BCUT2D eigenvalue weighted by Gasteiger charge is -2.29. The minimum absolute atomic E-state index is 0.204. The molecule has 0 spiro atoms. The fraction of sp³-hybridized carbons (Fsp3) is 0.625. The Kier molecular flexibility index (Phi) is 4.55. The molecule has 1 aliphatic carbocycles. The van der Waals surface area contributed by atoms with Crippen LogP contribution in [0.15, 0.2) is 18.2 Å². The zero-order valence-electron chi connectivity index (χ0n) is 12.1. The van der Waals surface area contributed by atoms with Crippen LogP contribution in [0, 0.1) is 0 Å². The summed E-state index contributed by atoms with van der Waals surface area (Å²) < 4.78 is 16.4. The molecule has 1 aromatic rings. The summed E-state index contributed by atoms with van der Waals surface area (Å²) in [6.07, 6.45) is 3.60. The van der Waals surface area contributed by atoms with E-state index in [1.165, 1.54) is 17.5 Å². The molecule has 2 unspecified atom stereocenters. The molecule has 1 N–H and O–H groups in total. The van der Waals surface area contributed by atoms with Crippen LogP contribution in [0.1, 0.15) is 17.5 Å². The van der Waals surface area contributed by atoms with Crippen molar-refractivity contribution < 1.29 is 14.2 Å². The molecular weight excluding hydrogens is 254 g/mol. The fourth-order valence-electron chi connectivity index (χ4n) is 2.99. The van der Waals surface area contributed by atoms with Crippen LogP contribution in [0.4, 0.5) is 0 Å². The Balaban J connectivity index is 1.54. The molecule has 0 bridgehead atoms. The third kappa shape index (κ3) is 3.32. The van der Waals surface area contributed by atoms with Gasteiger partial charge < -0.3 is 19.5 Å². The Labute approximate surface area is 120 Å². The topological polar surface area (TPSA) is 39.7 Å². The van der Waals surface area contributed by atoms with Crippen molar-refractivity contribution in [2.75, 3.05) is 33.5 Å². The largest absolute Gasteiger partial charge is 0.497 e. The van der Waals surface area contributed by atoms with Crippen molar-refractivity contribution in [1.82, 2.24) is 5.32 Å². The van der Waals surface area contributed by atoms with E-state index >= 15 is 0 Å². The number of hydrogen-bond donors (Lipinski definition) is 1. The van der Waals surface area contributed by atoms with Gasteiger partial charge in [-0.25, -0.2) is 0 Å². The number of hydrogen-bond acceptors (Lipinski definition) is 4. The van der Waals surface area contributed by atoms with E-state index in [2.05, 4.69) is 23.5 Å². The second-order valence-corrected chi connectivity index (χ2v) is 5.55. The lowest BCUT2D eigenvalue weighted by molar-refractivity contribution is -0.0871. The number of fused-ring (bicyclic) bond motifs is 1. The van der Waals surface area contributed by atoms with Gasteiger partial charge in [0.15, 0.2) is 0 Å². The van der Waals surface area contributed by atoms with Crippen LogP contribution in [0.2, 0.25) is 0 Å². The van der Waals surface area contributed by atoms with Gasteiger partial charge in [-0.1, -0.05) is 6.07 Å². The third-order valence-electron chi connectivity index (χ3n) is 4.16. The molecule has 0 radical (unpaired) electrons. The van der Waals surface area contributed by atoms with Gasteiger partial charge in [0.25, 0.3) is 0 Å². The normalized spacial score (nSPS) is 26.1. The van der Waals surface area contributed by atoms with Crippen LogP contribution >= 0.6 is 0 Å². The predicted molar refractivity (Wildman–Crippen MR) is 77.4 cm³/mol. The molecule has 0 saturated carbocycles. The van der Waals surface area contributed by atoms with Crippen molar-refractivity contribution in [3.63, 3.8) is 0 Å². The molecule has 2 aliphatic rings. The quantitative estimate of drug-likeness (QED) is 0.906. The van der Waals surface area contributed by atoms with Gasteiger partial charge in [-0.15, -0.1) is 0 Å². The molecule has 1 aliphatic heterocycles. The first-order valence-electron chi connectivity index (χ1n) is 7.43. The lowest BCUT2D eigenvalue weighted by atomic mass is 9.88. The number of methoxy groups -OCH3 is 1. The maximum absolute atomic E-state index is 5.67. The highest BCUT2D eigenvalue weighted by Gasteiger charge is 2.21. The van der Waals surface area contributed by atoms with E-state index in [0.29, 0.717) is 12.6 Å². The van der Waals surface area contributed by atoms with Crippen molar-refractivity contribution in [3.05, 3.63) is 29.3 Å². The summed E-state index contributed by atoms with van der Waals surface area (Å²) >= 11 is 0. The molecule has 4 heteroatoms. The molecule has 3 rings (SSSR count). The van der Waals surface area contributed by atoms with Crippen LogP contribution in [0.25, 0.3) is 0 Å². The molecule has 20 heavy (non-hydrogen) atoms. The molecule has 110 valence electrons. The van der Waals surface area contributed by atoms with Gasteiger partial charge in [0.1, 0.15) is 5.75 Å². The van der Waals surface area contributed by atoms with Gasteiger partial charge in [-0.05, 0) is 42.5 Å². The summed E-state index contributed by atoms with van der Waals surface area (Å²) in [5, 5.41) is 3.62. The van der Waals surface area contributed by atoms with Gasteiger partial charge in [0.05, 0.1) is 33.0 Å². The number of rotatable bonds is 4. The number of nitrogens with one attached hydrogen (secondary N) is 1. The Hall–Kier alpha value is -1.10. The second kappa shape index (κ2) is 6.57. The number of aryl methyl sites for hydroxylation is 1. The molecule has 1 saturated heterocycles. The Morgan fingerprint density at radius 2 is 2.25 bits per heavy atom. The monoisotopic (exact) mass is 277 g/mol. The molecule has 4 nitrogen and oxygen atoms in total. The predicted octanol–water partition coefficient (Wildman–Crippen LogP) is 1.56. The molecule has 2 atom stereocenters. The molecule has 0 aromatic heterocycles. The zero-order chi connectivity index (χ0) is 13.8. The van der Waals surface area contributed by atoms with Crippen LogP contribution in [0.3, 0.4) is 0 Å². The molecular formula is C16H23NO3. The molecule has 0 amide bonds. The van der Waals surface area contributed by atoms with Crippen LogP contribution in [-0.2, 0) is 22.3 Å². The van der Waals surface area contributed by atoms with E-state index < -0.39 is 0 Å². The molecule has 1 fully saturated rings. The smallest absolute Gasteiger partial charge is 0.119 e. The standard InChI is InChI=1S/C16H23NO3/c1-18-15-5-3-12-2-4-14(8-13(12)9-15)17-10-16-11-19-6-7-20-16/h3,5,9,14,16-17H,2,4,6-8,10-11H2,1H3. The van der Waals surface area contributed by atoms with Gasteiger partial charge >= 0.3 is 0 Å². The van der Waals surface area contributed by atoms with Crippen molar-refractivity contribution in [1.29, 1.82) is 0 Å². The summed E-state index contributed by atoms with van der Waals surface area (Å²) in [6, 6.07) is 6.95. The van der Waals surface area contributed by atoms with Gasteiger partial charge in [-0.3, -0.25) is 0 Å². The van der Waals surface area contributed by atoms with Crippen molar-refractivity contribution >= 4 is 0 Å². The van der Waals surface area contributed by atoms with Crippen LogP contribution < -0.4 is 10.1 Å². The number of ether oxygens (including phenoxy) is 3. The summed E-state index contributed by atoms with van der Waals surface area (Å²) in [6.45, 7) is 3.04. The maximum Gasteiger partial charge on any atom is 0.119 e. The van der Waals surface area contributed by atoms with Crippen LogP contribution in [0.5, 0.6) is 5.75 Å². The first kappa shape index (κ1) is 13.9. The van der Waals surface area contributed by atoms with Crippen molar-refractivity contribution in [2.45, 2.75) is 31.4 Å². The highest BCUT2D eigenvalue weighted by Crippen LogP contribution is 2.25. The first-order chi connectivity index (χ1) is 9.85. The average Bonchev–Trinajstić information content (AvgIpc) is 2.53. The van der Waals surface area contributed by atoms with E-state index in [1.807, 2.05) is 0 Å². The fourth-order valence-corrected chi connectivity index (χ4v) is 2.99. The van der Waals surface area contributed by atoms with Gasteiger partial charge in [-0.2, -0.15) is 0 Å². The van der Waals surface area contributed by atoms with Gasteiger partial charge in [0.2, 0.25) is 0 Å². The highest BCUT2D eigenvalue weighted by atomic mass is 16.6. The summed E-state index contributed by atoms with van der Waals surface area (Å²) in [7, 11) is 1.72. The average molecular weight is 277 g/mol. The van der Waals surface area contributed by atoms with Crippen LogP contribution in [-0.4, -0.2) is 45.6 Å². The maximum atomic E-state index is 5.67. The third-order valence-corrected chi connectivity index (χ3v) is 4.16. The highest BCUT2D eigenvalue weighted by molar-refractivity contribution is 5.37. The van der Waals surface area contributed by atoms with Crippen molar-refractivity contribution in [2.24, 2.45) is 0 Å². The summed E-state index contributed by atoms with van der Waals surface area (Å²) in [4.78, 5) is 0. The minimum atomic E-state index is 0.204. The Bertz CT molecular complexity index is 443. The SMILES string of the molecule is COc1ccc2c(c1)CC(NCC1COCCO1)CC2. The first-order valence-corrected chi connectivity index (χ1v) is 7.43.